The van der Waals surface area contributed by atoms with Gasteiger partial charge in [0.15, 0.2) is 6.10 Å². The van der Waals surface area contributed by atoms with Crippen molar-refractivity contribution in [3.8, 4) is 0 Å². The Morgan fingerprint density at radius 2 is 2.04 bits per heavy atom. The molecule has 0 amide bonds. The molecule has 0 N–H and O–H groups in total. The Morgan fingerprint density at radius 1 is 1.35 bits per heavy atom. The Labute approximate surface area is 165 Å². The molecule has 2 aliphatic rings. The zero-order chi connectivity index (χ0) is 19.1. The van der Waals surface area contributed by atoms with Crippen LogP contribution in [-0.2, 0) is 14.3 Å². The number of ether oxygens (including phenoxy) is 2. The van der Waals surface area contributed by atoms with E-state index in [2.05, 4.69) is 6.08 Å². The summed E-state index contributed by atoms with van der Waals surface area (Å²) in [6.07, 6.45) is 7.65. The smallest absolute Gasteiger partial charge is 0.340 e. The second kappa shape index (κ2) is 7.29. The van der Waals surface area contributed by atoms with E-state index in [4.69, 9.17) is 21.1 Å². The van der Waals surface area contributed by atoms with Gasteiger partial charge in [0, 0.05) is 16.0 Å². The molecule has 0 aliphatic heterocycles. The third-order valence-corrected chi connectivity index (χ3v) is 6.64. The minimum Gasteiger partial charge on any atom is -0.464 e. The van der Waals surface area contributed by atoms with Gasteiger partial charge in [0.1, 0.15) is 4.34 Å². The average molecular weight is 397 g/mol. The number of carbonyl (C=O) groups excluding carboxylic acids is 1. The molecule has 26 heavy (non-hydrogen) atoms. The Bertz CT molecular complexity index is 722. The van der Waals surface area contributed by atoms with Gasteiger partial charge in [0.25, 0.3) is 0 Å². The van der Waals surface area contributed by atoms with Crippen LogP contribution in [0.1, 0.15) is 81.9 Å². The van der Waals surface area contributed by atoms with E-state index in [9.17, 15) is 4.79 Å². The molecule has 1 heterocycles. The van der Waals surface area contributed by atoms with Crippen LogP contribution >= 0.6 is 22.9 Å². The summed E-state index contributed by atoms with van der Waals surface area (Å²) in [5, 5.41) is 0. The van der Waals surface area contributed by atoms with Crippen LogP contribution in [0.2, 0.25) is 4.34 Å². The van der Waals surface area contributed by atoms with Gasteiger partial charge in [-0.05, 0) is 77.7 Å². The fraction of sp³-hybridized carbons (Fsp3) is 0.667. The molecule has 1 atom stereocenters. The maximum atomic E-state index is 12.7. The first kappa shape index (κ1) is 19.9. The molecule has 3 nitrogen and oxygen atoms in total. The molecule has 0 aromatic carbocycles. The molecule has 1 aromatic rings. The molecule has 1 aromatic heterocycles. The first-order valence-electron chi connectivity index (χ1n) is 9.48. The fourth-order valence-corrected chi connectivity index (χ4v) is 5.24. The van der Waals surface area contributed by atoms with Gasteiger partial charge >= 0.3 is 5.97 Å². The van der Waals surface area contributed by atoms with Crippen molar-refractivity contribution in [2.24, 2.45) is 5.41 Å². The number of aryl methyl sites for hydroxylation is 1. The summed E-state index contributed by atoms with van der Waals surface area (Å²) in [4.78, 5) is 13.8. The van der Waals surface area contributed by atoms with Crippen LogP contribution in [0.4, 0.5) is 0 Å². The lowest BCUT2D eigenvalue weighted by Gasteiger charge is -2.28. The number of hydrogen-bond donors (Lipinski definition) is 0. The molecule has 1 saturated carbocycles. The average Bonchev–Trinajstić information content (AvgIpc) is 3.23. The molecular weight excluding hydrogens is 368 g/mol. The number of allylic oxidation sites excluding steroid dienone is 2. The molecule has 1 spiro atoms. The third-order valence-electron chi connectivity index (χ3n) is 5.31. The lowest BCUT2D eigenvalue weighted by molar-refractivity contribution is -0.166. The molecule has 0 saturated heterocycles. The first-order chi connectivity index (χ1) is 12.2. The fourth-order valence-electron chi connectivity index (χ4n) is 3.74. The van der Waals surface area contributed by atoms with Gasteiger partial charge in [-0.3, -0.25) is 0 Å². The Kier molecular flexibility index (Phi) is 5.58. The van der Waals surface area contributed by atoms with E-state index in [1.807, 2.05) is 34.6 Å². The number of carbonyl (C=O) groups is 1. The molecule has 1 fully saturated rings. The van der Waals surface area contributed by atoms with Crippen LogP contribution in [0.3, 0.4) is 0 Å². The lowest BCUT2D eigenvalue weighted by atomic mass is 9.83. The van der Waals surface area contributed by atoms with Gasteiger partial charge in [0.2, 0.25) is 0 Å². The highest BCUT2D eigenvalue weighted by Crippen LogP contribution is 2.57. The summed E-state index contributed by atoms with van der Waals surface area (Å²) >= 11 is 8.17. The SMILES string of the molecule is CCOC(=O)C(OC(C)(C)C)c1c(C)sc(Cl)c1C1=CCC2(CC1)CC2. The number of thiophene rings is 1. The number of halogens is 1. The molecular formula is C21H29ClO3S. The van der Waals surface area contributed by atoms with Crippen LogP contribution < -0.4 is 0 Å². The van der Waals surface area contributed by atoms with Gasteiger partial charge in [-0.1, -0.05) is 17.7 Å². The van der Waals surface area contributed by atoms with Crippen molar-refractivity contribution in [3.05, 3.63) is 26.4 Å². The van der Waals surface area contributed by atoms with E-state index in [0.29, 0.717) is 12.0 Å². The largest absolute Gasteiger partial charge is 0.464 e. The van der Waals surface area contributed by atoms with Crippen molar-refractivity contribution in [1.29, 1.82) is 0 Å². The van der Waals surface area contributed by atoms with Gasteiger partial charge in [0.05, 0.1) is 12.2 Å². The van der Waals surface area contributed by atoms with E-state index >= 15 is 0 Å². The van der Waals surface area contributed by atoms with Gasteiger partial charge in [-0.2, -0.15) is 0 Å². The minimum absolute atomic E-state index is 0.334. The molecule has 0 bridgehead atoms. The summed E-state index contributed by atoms with van der Waals surface area (Å²) in [7, 11) is 0. The van der Waals surface area contributed by atoms with Crippen molar-refractivity contribution in [3.63, 3.8) is 0 Å². The number of hydrogen-bond acceptors (Lipinski definition) is 4. The van der Waals surface area contributed by atoms with Crippen LogP contribution in [0.25, 0.3) is 5.57 Å². The van der Waals surface area contributed by atoms with E-state index < -0.39 is 11.7 Å². The minimum atomic E-state index is -0.744. The van der Waals surface area contributed by atoms with Crippen molar-refractivity contribution < 1.29 is 14.3 Å². The van der Waals surface area contributed by atoms with E-state index in [1.165, 1.54) is 36.2 Å². The zero-order valence-corrected chi connectivity index (χ0v) is 18.0. The van der Waals surface area contributed by atoms with E-state index in [0.717, 1.165) is 33.2 Å². The van der Waals surface area contributed by atoms with Gasteiger partial charge in [-0.25, -0.2) is 4.79 Å². The normalized spacial score (nSPS) is 20.0. The maximum absolute atomic E-state index is 12.7. The third kappa shape index (κ3) is 4.18. The van der Waals surface area contributed by atoms with Crippen LogP contribution in [0.5, 0.6) is 0 Å². The first-order valence-corrected chi connectivity index (χ1v) is 10.7. The number of esters is 1. The lowest BCUT2D eigenvalue weighted by Crippen LogP contribution is -2.29. The highest BCUT2D eigenvalue weighted by molar-refractivity contribution is 7.16. The molecule has 5 heteroatoms. The van der Waals surface area contributed by atoms with Crippen LogP contribution in [-0.4, -0.2) is 18.2 Å². The molecule has 3 rings (SSSR count). The predicted molar refractivity (Wildman–Crippen MR) is 108 cm³/mol. The quantitative estimate of drug-likeness (QED) is 0.534. The zero-order valence-electron chi connectivity index (χ0n) is 16.4. The molecule has 2 aliphatic carbocycles. The molecule has 144 valence electrons. The van der Waals surface area contributed by atoms with Crippen molar-refractivity contribution in [2.45, 2.75) is 78.4 Å². The van der Waals surface area contributed by atoms with Gasteiger partial charge in [-0.15, -0.1) is 11.3 Å². The van der Waals surface area contributed by atoms with Crippen molar-refractivity contribution in [2.75, 3.05) is 6.61 Å². The van der Waals surface area contributed by atoms with Crippen LogP contribution in [0, 0.1) is 12.3 Å². The van der Waals surface area contributed by atoms with E-state index in [1.54, 1.807) is 0 Å². The molecule has 0 radical (unpaired) electrons. The highest BCUT2D eigenvalue weighted by Gasteiger charge is 2.43. The predicted octanol–water partition coefficient (Wildman–Crippen LogP) is 6.48. The Morgan fingerprint density at radius 3 is 2.54 bits per heavy atom. The summed E-state index contributed by atoms with van der Waals surface area (Å²) < 4.78 is 12.2. The second-order valence-corrected chi connectivity index (χ2v) is 10.3. The standard InChI is InChI=1S/C21H29ClO3S/c1-6-24-19(23)17(25-20(3,4)5)15-13(2)26-18(22)16(15)14-7-9-21(10-8-14)11-12-21/h7,17H,6,8-12H2,1-5H3. The van der Waals surface area contributed by atoms with Crippen molar-refractivity contribution in [1.82, 2.24) is 0 Å². The summed E-state index contributed by atoms with van der Waals surface area (Å²) in [5.41, 5.74) is 3.26. The van der Waals surface area contributed by atoms with Crippen LogP contribution in [0.15, 0.2) is 6.08 Å². The summed E-state index contributed by atoms with van der Waals surface area (Å²) in [6, 6.07) is 0. The maximum Gasteiger partial charge on any atom is 0.340 e. The topological polar surface area (TPSA) is 35.5 Å². The highest BCUT2D eigenvalue weighted by atomic mass is 35.5. The van der Waals surface area contributed by atoms with Gasteiger partial charge < -0.3 is 9.47 Å². The van der Waals surface area contributed by atoms with Crippen molar-refractivity contribution >= 4 is 34.5 Å². The Hall–Kier alpha value is -0.840. The summed E-state index contributed by atoms with van der Waals surface area (Å²) in [6.45, 7) is 10.0. The monoisotopic (exact) mass is 396 g/mol. The molecule has 1 unspecified atom stereocenters. The second-order valence-electron chi connectivity index (χ2n) is 8.52. The van der Waals surface area contributed by atoms with E-state index in [-0.39, 0.29) is 5.97 Å². The number of rotatable bonds is 5. The Balaban J connectivity index is 2.01. The summed E-state index contributed by atoms with van der Waals surface area (Å²) in [5.74, 6) is -0.337.